The summed E-state index contributed by atoms with van der Waals surface area (Å²) in [7, 11) is 1.66. The lowest BCUT2D eigenvalue weighted by Crippen LogP contribution is -2.33. The van der Waals surface area contributed by atoms with Gasteiger partial charge in [0.25, 0.3) is 0 Å². The van der Waals surface area contributed by atoms with Crippen molar-refractivity contribution in [2.75, 3.05) is 24.7 Å². The number of hydrogen-bond donors (Lipinski definition) is 1. The van der Waals surface area contributed by atoms with E-state index in [0.29, 0.717) is 19.5 Å². The zero-order valence-corrected chi connectivity index (χ0v) is 22.7. The molecule has 0 radical (unpaired) electrons. The number of thiophene rings is 1. The molecule has 0 bridgehead atoms. The van der Waals surface area contributed by atoms with Crippen LogP contribution in [0.1, 0.15) is 30.2 Å². The molecule has 186 valence electrons. The maximum absolute atomic E-state index is 12.9. The lowest BCUT2D eigenvalue weighted by atomic mass is 10.0. The number of rotatable bonds is 8. The molecular formula is C27H27N3O3S3. The van der Waals surface area contributed by atoms with Crippen LogP contribution in [0.3, 0.4) is 0 Å². The van der Waals surface area contributed by atoms with Gasteiger partial charge in [0.05, 0.1) is 23.9 Å². The molecule has 0 fully saturated rings. The molecule has 2 aromatic carbocycles. The molecule has 2 amide bonds. The summed E-state index contributed by atoms with van der Waals surface area (Å²) in [6.07, 6.45) is 2.00. The SMILES string of the molecule is COc1ccc(SCCCC(=O)Nc2sc3c(c2-c2nc4ccccc4s2)CCN(C(C)=O)C3)cc1. The largest absolute Gasteiger partial charge is 0.497 e. The summed E-state index contributed by atoms with van der Waals surface area (Å²) in [5.41, 5.74) is 3.20. The highest BCUT2D eigenvalue weighted by Gasteiger charge is 2.28. The highest BCUT2D eigenvalue weighted by Crippen LogP contribution is 2.45. The van der Waals surface area contributed by atoms with E-state index in [1.807, 2.05) is 47.4 Å². The number of nitrogens with one attached hydrogen (secondary N) is 1. The number of carbonyl (C=O) groups is 2. The first-order valence-electron chi connectivity index (χ1n) is 11.8. The summed E-state index contributed by atoms with van der Waals surface area (Å²) in [4.78, 5) is 34.0. The van der Waals surface area contributed by atoms with Crippen LogP contribution in [0.25, 0.3) is 20.8 Å². The standard InChI is InChI=1S/C27H27N3O3S3/c1-17(31)30-14-13-20-23(16-30)36-27(25(20)26-28-21-6-3-4-7-22(21)35-26)29-24(32)8-5-15-34-19-11-9-18(33-2)10-12-19/h3-4,6-7,9-12H,5,8,13-16H2,1-2H3,(H,29,32). The smallest absolute Gasteiger partial charge is 0.225 e. The van der Waals surface area contributed by atoms with Gasteiger partial charge in [-0.25, -0.2) is 4.98 Å². The lowest BCUT2D eigenvalue weighted by molar-refractivity contribution is -0.129. The second kappa shape index (κ2) is 11.0. The predicted molar refractivity (Wildman–Crippen MR) is 149 cm³/mol. The maximum atomic E-state index is 12.9. The van der Waals surface area contributed by atoms with E-state index < -0.39 is 0 Å². The van der Waals surface area contributed by atoms with Crippen LogP contribution in [-0.2, 0) is 22.6 Å². The molecular weight excluding hydrogens is 511 g/mol. The predicted octanol–water partition coefficient (Wildman–Crippen LogP) is 6.45. The van der Waals surface area contributed by atoms with E-state index in [0.717, 1.165) is 59.9 Å². The van der Waals surface area contributed by atoms with Gasteiger partial charge < -0.3 is 15.0 Å². The van der Waals surface area contributed by atoms with Gasteiger partial charge in [-0.2, -0.15) is 0 Å². The summed E-state index contributed by atoms with van der Waals surface area (Å²) in [6.45, 7) is 2.88. The third-order valence-electron chi connectivity index (χ3n) is 6.14. The van der Waals surface area contributed by atoms with Crippen molar-refractivity contribution in [1.82, 2.24) is 9.88 Å². The average molecular weight is 538 g/mol. The van der Waals surface area contributed by atoms with E-state index in [2.05, 4.69) is 11.4 Å². The van der Waals surface area contributed by atoms with Gasteiger partial charge in [0, 0.05) is 35.2 Å². The molecule has 0 spiro atoms. The molecule has 1 aliphatic rings. The number of para-hydroxylation sites is 1. The fraction of sp³-hybridized carbons (Fsp3) is 0.296. The second-order valence-corrected chi connectivity index (χ2v) is 11.9. The summed E-state index contributed by atoms with van der Waals surface area (Å²) < 4.78 is 6.33. The summed E-state index contributed by atoms with van der Waals surface area (Å²) in [6, 6.07) is 16.1. The molecule has 0 aliphatic carbocycles. The summed E-state index contributed by atoms with van der Waals surface area (Å²) in [5, 5.41) is 4.96. The number of carbonyl (C=O) groups excluding carboxylic acids is 2. The van der Waals surface area contributed by atoms with Gasteiger partial charge in [0.15, 0.2) is 0 Å². The molecule has 5 rings (SSSR count). The Labute approximate surface area is 222 Å². The van der Waals surface area contributed by atoms with Crippen LogP contribution in [0.4, 0.5) is 5.00 Å². The van der Waals surface area contributed by atoms with Crippen LogP contribution in [-0.4, -0.2) is 41.1 Å². The maximum Gasteiger partial charge on any atom is 0.225 e. The Morgan fingerprint density at radius 1 is 1.14 bits per heavy atom. The van der Waals surface area contributed by atoms with Gasteiger partial charge in [-0.15, -0.1) is 34.4 Å². The summed E-state index contributed by atoms with van der Waals surface area (Å²) in [5.74, 6) is 1.79. The van der Waals surface area contributed by atoms with Gasteiger partial charge in [-0.3, -0.25) is 9.59 Å². The zero-order chi connectivity index (χ0) is 25.1. The number of methoxy groups -OCH3 is 1. The van der Waals surface area contributed by atoms with Gasteiger partial charge in [0.2, 0.25) is 11.8 Å². The molecule has 0 unspecified atom stereocenters. The Bertz CT molecular complexity index is 1360. The number of amides is 2. The quantitative estimate of drug-likeness (QED) is 0.207. The fourth-order valence-electron chi connectivity index (χ4n) is 4.25. The van der Waals surface area contributed by atoms with Gasteiger partial charge >= 0.3 is 0 Å². The molecule has 36 heavy (non-hydrogen) atoms. The van der Waals surface area contributed by atoms with Crippen LogP contribution in [0.15, 0.2) is 53.4 Å². The van der Waals surface area contributed by atoms with Crippen molar-refractivity contribution in [3.63, 3.8) is 0 Å². The van der Waals surface area contributed by atoms with E-state index in [1.54, 1.807) is 48.5 Å². The van der Waals surface area contributed by atoms with Gasteiger partial charge in [-0.05, 0) is 60.6 Å². The molecule has 4 aromatic rings. The van der Waals surface area contributed by atoms with Gasteiger partial charge in [-0.1, -0.05) is 12.1 Å². The van der Waals surface area contributed by atoms with E-state index in [9.17, 15) is 9.59 Å². The van der Waals surface area contributed by atoms with E-state index in [-0.39, 0.29) is 11.8 Å². The molecule has 1 aliphatic heterocycles. The van der Waals surface area contributed by atoms with Crippen LogP contribution in [0, 0.1) is 0 Å². The Kier molecular flexibility index (Phi) is 7.59. The number of benzene rings is 2. The van der Waals surface area contributed by atoms with Crippen molar-refractivity contribution < 1.29 is 14.3 Å². The van der Waals surface area contributed by atoms with Crippen LogP contribution in [0.2, 0.25) is 0 Å². The van der Waals surface area contributed by atoms with Gasteiger partial charge in [0.1, 0.15) is 15.8 Å². The van der Waals surface area contributed by atoms with Crippen LogP contribution < -0.4 is 10.1 Å². The third-order valence-corrected chi connectivity index (χ3v) is 9.42. The lowest BCUT2D eigenvalue weighted by Gasteiger charge is -2.26. The minimum atomic E-state index is 0.00899. The molecule has 2 aromatic heterocycles. The Morgan fingerprint density at radius 3 is 2.69 bits per heavy atom. The zero-order valence-electron chi connectivity index (χ0n) is 20.2. The van der Waals surface area contributed by atoms with E-state index in [4.69, 9.17) is 9.72 Å². The Hall–Kier alpha value is -2.88. The van der Waals surface area contributed by atoms with Crippen molar-refractivity contribution in [1.29, 1.82) is 0 Å². The number of hydrogen-bond acceptors (Lipinski definition) is 7. The molecule has 3 heterocycles. The van der Waals surface area contributed by atoms with Crippen molar-refractivity contribution in [2.24, 2.45) is 0 Å². The minimum absolute atomic E-state index is 0.00899. The first-order chi connectivity index (χ1) is 17.5. The molecule has 0 atom stereocenters. The third kappa shape index (κ3) is 5.43. The highest BCUT2D eigenvalue weighted by atomic mass is 32.2. The second-order valence-electron chi connectivity index (χ2n) is 8.56. The Morgan fingerprint density at radius 2 is 1.94 bits per heavy atom. The van der Waals surface area contributed by atoms with Crippen LogP contribution >= 0.6 is 34.4 Å². The number of anilines is 1. The summed E-state index contributed by atoms with van der Waals surface area (Å²) >= 11 is 4.97. The monoisotopic (exact) mass is 537 g/mol. The first kappa shape index (κ1) is 24.8. The average Bonchev–Trinajstić information content (AvgIpc) is 3.47. The molecule has 0 saturated heterocycles. The van der Waals surface area contributed by atoms with E-state index in [1.165, 1.54) is 5.56 Å². The number of nitrogens with zero attached hydrogens (tertiary/aromatic N) is 2. The van der Waals surface area contributed by atoms with Crippen molar-refractivity contribution in [3.05, 3.63) is 59.0 Å². The number of ether oxygens (including phenoxy) is 1. The molecule has 9 heteroatoms. The van der Waals surface area contributed by atoms with Crippen molar-refractivity contribution in [3.8, 4) is 16.3 Å². The van der Waals surface area contributed by atoms with Crippen molar-refractivity contribution >= 4 is 61.5 Å². The Balaban J connectivity index is 1.30. The number of aromatic nitrogens is 1. The first-order valence-corrected chi connectivity index (χ1v) is 14.5. The van der Waals surface area contributed by atoms with Crippen LogP contribution in [0.5, 0.6) is 5.75 Å². The molecule has 6 nitrogen and oxygen atoms in total. The fourth-order valence-corrected chi connectivity index (χ4v) is 7.49. The van der Waals surface area contributed by atoms with E-state index >= 15 is 0 Å². The number of thioether (sulfide) groups is 1. The number of thiazole rings is 1. The highest BCUT2D eigenvalue weighted by molar-refractivity contribution is 7.99. The normalized spacial score (nSPS) is 13.0. The minimum Gasteiger partial charge on any atom is -0.497 e. The number of fused-ring (bicyclic) bond motifs is 2. The molecule has 0 saturated carbocycles. The van der Waals surface area contributed by atoms with Crippen molar-refractivity contribution in [2.45, 2.75) is 37.6 Å². The topological polar surface area (TPSA) is 71.5 Å². The molecule has 1 N–H and O–H groups in total.